The minimum Gasteiger partial charge on any atom is -0.408 e. The van der Waals surface area contributed by atoms with Crippen LogP contribution in [-0.2, 0) is 27.9 Å². The van der Waals surface area contributed by atoms with Crippen molar-refractivity contribution in [3.8, 4) is 12.1 Å². The van der Waals surface area contributed by atoms with Gasteiger partial charge in [0.15, 0.2) is 67.1 Å². The van der Waals surface area contributed by atoms with E-state index in [9.17, 15) is 24.2 Å². The normalized spacial score (nSPS) is 20.5. The third-order valence-corrected chi connectivity index (χ3v) is 22.0. The molecule has 0 spiro atoms. The molecule has 2 aliphatic rings. The Morgan fingerprint density at radius 2 is 1.16 bits per heavy atom. The number of nitrogens with one attached hydrogen (secondary N) is 2. The number of fused-ring (bicyclic) bond motifs is 2. The molecule has 0 radical (unpaired) electrons. The maximum absolute atomic E-state index is 16.7. The first-order chi connectivity index (χ1) is 43.2. The lowest BCUT2D eigenvalue weighted by Gasteiger charge is -2.38. The topological polar surface area (TPSA) is 295 Å². The van der Waals surface area contributed by atoms with E-state index in [1.54, 1.807) is 54.6 Å². The maximum atomic E-state index is 16.7. The first kappa shape index (κ1) is 74.9. The van der Waals surface area contributed by atoms with E-state index in [-0.39, 0.29) is 66.3 Å². The number of hydrogen-bond acceptors (Lipinski definition) is 20. The van der Waals surface area contributed by atoms with E-state index in [0.29, 0.717) is 47.4 Å². The van der Waals surface area contributed by atoms with Crippen LogP contribution in [0.2, 0.25) is 18.1 Å². The van der Waals surface area contributed by atoms with E-state index in [2.05, 4.69) is 116 Å². The molecule has 10 atom stereocenters. The standard InChI is InChI=1S/C33H48FN7O5Si.C17H16FN5O4.C9H18ClN2OP.CH3Cl/c1-8-47(9-2,10-3)46-28-25(19-44-33(43-18-14-17-35)41(22(4)5)23(6)7)45-32(26(28)34)40-21-38-27-29(36-20-37-30(27)40)39-31(42)24-15-12-11-13-16-24;18-11-13(25)10(6-24)27-17(11)23-8-21-12-14(19-7-20-15(12)23)22-16(26)9-4-2-1-3-5-9;1-8(2)12(9(3)4)14(10)13-7-5-6-11;1-2/h11-13,15-16,20-23,25-26,28,32-33H,8-10,14,18-19H2,1-7H3,(H,36,37,39,42);1-5,7-8,10-11,13,17,24-25H,6H2,(H,19,20,22,26);8-9H,5,7H2,1-4H3;1H3/t25-,26-,28-,32-,33?;10-,11-,13-,17-;;/m11../s1. The fraction of sp³-hybridized carbons (Fsp3) is 0.567. The van der Waals surface area contributed by atoms with Crippen molar-refractivity contribution in [2.75, 3.05) is 43.4 Å². The van der Waals surface area contributed by atoms with Crippen molar-refractivity contribution in [2.24, 2.45) is 0 Å². The van der Waals surface area contributed by atoms with Crippen LogP contribution in [0.1, 0.15) is 122 Å². The first-order valence-electron chi connectivity index (χ1n) is 29.8. The van der Waals surface area contributed by atoms with Gasteiger partial charge >= 0.3 is 0 Å². The number of ether oxygens (including phenoxy) is 4. The van der Waals surface area contributed by atoms with Gasteiger partial charge in [-0.1, -0.05) is 57.2 Å². The molecule has 2 unspecified atom stereocenters. The Kier molecular flexibility index (Phi) is 30.8. The van der Waals surface area contributed by atoms with Gasteiger partial charge in [0.05, 0.1) is 64.1 Å². The summed E-state index contributed by atoms with van der Waals surface area (Å²) >= 11 is 10.8. The number of imidazole rings is 2. The second kappa shape index (κ2) is 37.0. The molecule has 2 amide bonds. The van der Waals surface area contributed by atoms with E-state index in [1.165, 1.54) is 40.8 Å². The number of halogens is 4. The fourth-order valence-corrected chi connectivity index (χ4v) is 15.5. The van der Waals surface area contributed by atoms with Crippen molar-refractivity contribution >= 4 is 84.6 Å². The van der Waals surface area contributed by atoms with Gasteiger partial charge < -0.3 is 48.7 Å². The van der Waals surface area contributed by atoms with E-state index in [1.807, 2.05) is 39.8 Å². The molecule has 0 saturated carbocycles. The van der Waals surface area contributed by atoms with Crippen LogP contribution in [0.15, 0.2) is 86.0 Å². The number of carbonyl (C=O) groups excluding carboxylic acids is 2. The van der Waals surface area contributed by atoms with E-state index >= 15 is 4.39 Å². The predicted octanol–water partition coefficient (Wildman–Crippen LogP) is 11.1. The van der Waals surface area contributed by atoms with Gasteiger partial charge in [-0.25, -0.2) is 43.4 Å². The number of rotatable bonds is 27. The van der Waals surface area contributed by atoms with Crippen molar-refractivity contribution in [1.82, 2.24) is 48.6 Å². The van der Waals surface area contributed by atoms with Gasteiger partial charge in [-0.15, -0.1) is 11.6 Å². The van der Waals surface area contributed by atoms with Crippen molar-refractivity contribution in [3.05, 3.63) is 97.1 Å². The smallest absolute Gasteiger partial charge is 0.256 e. The summed E-state index contributed by atoms with van der Waals surface area (Å²) < 4.78 is 72.4. The minimum absolute atomic E-state index is 0.00360. The zero-order valence-corrected chi connectivity index (χ0v) is 56.3. The lowest BCUT2D eigenvalue weighted by atomic mass is 10.1. The van der Waals surface area contributed by atoms with Crippen molar-refractivity contribution in [2.45, 2.75) is 187 Å². The highest BCUT2D eigenvalue weighted by atomic mass is 35.7. The third-order valence-electron chi connectivity index (χ3n) is 14.8. The number of nitriles is 2. The predicted molar refractivity (Wildman–Crippen MR) is 343 cm³/mol. The number of carbonyl (C=O) groups is 2. The molecule has 8 rings (SSSR count). The van der Waals surface area contributed by atoms with Gasteiger partial charge in [-0.05, 0) is 109 Å². The van der Waals surface area contributed by atoms with E-state index < -0.39 is 78.2 Å². The van der Waals surface area contributed by atoms with E-state index in [4.69, 9.17) is 49.7 Å². The fourth-order valence-electron chi connectivity index (χ4n) is 10.2. The molecule has 90 heavy (non-hydrogen) atoms. The largest absolute Gasteiger partial charge is 0.408 e. The molecule has 0 bridgehead atoms. The van der Waals surface area contributed by atoms with Gasteiger partial charge in [-0.2, -0.15) is 10.5 Å². The number of aromatic nitrogens is 8. The SMILES string of the molecule is CC(C)N(C(C)C)P(Cl)OCCC#N.CC[Si](CC)(CC)O[C@H]1[C@@H](F)[C@H](n2cnc3c(NC(=O)c4ccccc4)ncnc32)O[C@@H]1COC(OCCC#N)N(C(C)C)C(C)C.CCl.O=C(Nc1ncnc2c1ncn2[C@@H]1O[C@H](CO)[C@@H](O)[C@H]1F)c1ccccc1. The van der Waals surface area contributed by atoms with Crippen LogP contribution >= 0.6 is 30.5 Å². The Labute approximate surface area is 537 Å². The van der Waals surface area contributed by atoms with Crippen molar-refractivity contribution in [1.29, 1.82) is 10.5 Å². The molecule has 2 saturated heterocycles. The van der Waals surface area contributed by atoms with Crippen LogP contribution in [0.25, 0.3) is 22.3 Å². The number of nitrogens with zero attached hydrogens (tertiary/aromatic N) is 12. The van der Waals surface area contributed by atoms with Gasteiger partial charge in [-0.3, -0.25) is 23.6 Å². The molecule has 2 aliphatic heterocycles. The first-order valence-corrected chi connectivity index (χ1v) is 35.2. The number of hydrogen-bond donors (Lipinski definition) is 4. The van der Waals surface area contributed by atoms with Gasteiger partial charge in [0.25, 0.3) is 11.8 Å². The highest BCUT2D eigenvalue weighted by Crippen LogP contribution is 2.49. The van der Waals surface area contributed by atoms with Crippen LogP contribution in [0.5, 0.6) is 0 Å². The van der Waals surface area contributed by atoms with Crippen LogP contribution < -0.4 is 10.6 Å². The highest BCUT2D eigenvalue weighted by molar-refractivity contribution is 7.78. The molecule has 30 heteroatoms. The van der Waals surface area contributed by atoms with Crippen LogP contribution in [-0.4, -0.2) is 179 Å². The number of amides is 2. The van der Waals surface area contributed by atoms with Crippen LogP contribution in [0.4, 0.5) is 20.4 Å². The average molecular weight is 1330 g/mol. The Bertz CT molecular complexity index is 3200. The van der Waals surface area contributed by atoms with Gasteiger partial charge in [0.1, 0.15) is 37.1 Å². The van der Waals surface area contributed by atoms with Crippen molar-refractivity contribution in [3.63, 3.8) is 0 Å². The second-order valence-corrected chi connectivity index (χ2v) is 28.6. The molecular weight excluding hydrogens is 1240 g/mol. The van der Waals surface area contributed by atoms with Gasteiger partial charge in [0, 0.05) is 41.7 Å². The average Bonchev–Trinajstić information content (AvgIpc) is 2.10. The summed E-state index contributed by atoms with van der Waals surface area (Å²) in [7, 11) is -3.36. The summed E-state index contributed by atoms with van der Waals surface area (Å²) in [4.78, 5) is 52.6. The Morgan fingerprint density at radius 3 is 1.58 bits per heavy atom. The molecule has 6 heterocycles. The molecule has 2 fully saturated rings. The lowest BCUT2D eigenvalue weighted by Crippen LogP contribution is -2.50. The second-order valence-electron chi connectivity index (χ2n) is 21.8. The monoisotopic (exact) mass is 1330 g/mol. The maximum Gasteiger partial charge on any atom is 0.256 e. The Hall–Kier alpha value is -5.85. The summed E-state index contributed by atoms with van der Waals surface area (Å²) in [6.07, 6.45) is -3.27. The summed E-state index contributed by atoms with van der Waals surface area (Å²) in [5.41, 5.74) is 2.00. The van der Waals surface area contributed by atoms with Crippen molar-refractivity contribution < 1.29 is 56.5 Å². The number of anilines is 2. The number of benzene rings is 2. The third kappa shape index (κ3) is 19.4. The Balaban J connectivity index is 0.000000285. The van der Waals surface area contributed by atoms with Crippen LogP contribution in [0.3, 0.4) is 0 Å². The molecule has 24 nitrogen and oxygen atoms in total. The van der Waals surface area contributed by atoms with Crippen LogP contribution in [0, 0.1) is 22.7 Å². The van der Waals surface area contributed by atoms with E-state index in [0.717, 1.165) is 18.1 Å². The molecule has 4 aromatic heterocycles. The molecular formula is C60H85Cl2F2N14O10PSi. The molecule has 4 N–H and O–H groups in total. The molecule has 2 aromatic carbocycles. The summed E-state index contributed by atoms with van der Waals surface area (Å²) in [5, 5.41) is 41.9. The van der Waals surface area contributed by atoms with Gasteiger partial charge in [0.2, 0.25) is 14.1 Å². The zero-order chi connectivity index (χ0) is 66.2. The summed E-state index contributed by atoms with van der Waals surface area (Å²) in [5.74, 6) is -0.353. The minimum atomic E-state index is -2.28. The highest BCUT2D eigenvalue weighted by Gasteiger charge is 2.51. The summed E-state index contributed by atoms with van der Waals surface area (Å²) in [6.45, 7) is 22.9. The number of aliphatic hydroxyl groups excluding tert-OH is 2. The molecule has 0 aliphatic carbocycles. The molecule has 6 aromatic rings. The quantitative estimate of drug-likeness (QED) is 0.0122. The molecule has 492 valence electrons. The lowest BCUT2D eigenvalue weighted by molar-refractivity contribution is -0.252. The number of alkyl halides is 3. The summed E-state index contributed by atoms with van der Waals surface area (Å²) in [6, 6.07) is 24.9. The number of aliphatic hydroxyl groups is 2. The zero-order valence-electron chi connectivity index (χ0n) is 52.9. The Morgan fingerprint density at radius 1 is 0.700 bits per heavy atom.